The van der Waals surface area contributed by atoms with Gasteiger partial charge in [-0.2, -0.15) is 0 Å². The lowest BCUT2D eigenvalue weighted by Crippen LogP contribution is -1.96. The van der Waals surface area contributed by atoms with Gasteiger partial charge in [0.15, 0.2) is 0 Å². The Morgan fingerprint density at radius 2 is 1.63 bits per heavy atom. The van der Waals surface area contributed by atoms with Crippen LogP contribution in [-0.2, 0) is 8.87 Å². The minimum Gasteiger partial charge on any atom is -0.496 e. The van der Waals surface area contributed by atoms with Crippen molar-refractivity contribution in [3.05, 3.63) is 54.1 Å². The maximum atomic E-state index is 12.3. The summed E-state index contributed by atoms with van der Waals surface area (Å²) in [5.74, 6) is 0.559. The summed E-state index contributed by atoms with van der Waals surface area (Å²) in [5, 5.41) is 0. The molecule has 0 aromatic heterocycles. The van der Waals surface area contributed by atoms with E-state index >= 15 is 0 Å². The lowest BCUT2D eigenvalue weighted by molar-refractivity contribution is 0.405. The zero-order chi connectivity index (χ0) is 13.9. The van der Waals surface area contributed by atoms with E-state index in [9.17, 15) is 8.42 Å². The van der Waals surface area contributed by atoms with Crippen molar-refractivity contribution >= 4 is 19.7 Å². The number of methoxy groups -OCH3 is 1. The van der Waals surface area contributed by atoms with E-state index in [-0.39, 0.29) is 0 Å². The number of hydrogen-bond donors (Lipinski definition) is 0. The van der Waals surface area contributed by atoms with Crippen LogP contribution < -0.4 is 4.74 Å². The van der Waals surface area contributed by atoms with Crippen LogP contribution >= 0.6 is 10.8 Å². The Morgan fingerprint density at radius 1 is 1.00 bits per heavy atom. The molecule has 0 N–H and O–H groups in total. The van der Waals surface area contributed by atoms with Crippen molar-refractivity contribution in [2.75, 3.05) is 7.11 Å². The monoisotopic (exact) mass is 294 g/mol. The second-order valence-corrected chi connectivity index (χ2v) is 7.80. The fraction of sp³-hybridized carbons (Fsp3) is 0.143. The Balaban J connectivity index is 2.34. The van der Waals surface area contributed by atoms with Crippen LogP contribution in [0.15, 0.2) is 58.3 Å². The second kappa shape index (κ2) is 5.67. The number of benzene rings is 2. The highest BCUT2D eigenvalue weighted by Gasteiger charge is 2.18. The maximum Gasteiger partial charge on any atom is 0.234 e. The van der Waals surface area contributed by atoms with Gasteiger partial charge in [-0.3, -0.25) is 0 Å². The summed E-state index contributed by atoms with van der Waals surface area (Å²) in [6, 6.07) is 13.9. The van der Waals surface area contributed by atoms with E-state index in [2.05, 4.69) is 0 Å². The molecule has 100 valence electrons. The average molecular weight is 294 g/mol. The van der Waals surface area contributed by atoms with Gasteiger partial charge in [0, 0.05) is 10.8 Å². The van der Waals surface area contributed by atoms with Gasteiger partial charge in [0.2, 0.25) is 8.87 Å². The van der Waals surface area contributed by atoms with Gasteiger partial charge in [-0.15, -0.1) is 0 Å². The molecular weight excluding hydrogens is 280 g/mol. The van der Waals surface area contributed by atoms with Crippen LogP contribution in [0.1, 0.15) is 5.56 Å². The molecule has 2 aromatic carbocycles. The van der Waals surface area contributed by atoms with E-state index in [1.165, 1.54) is 7.11 Å². The largest absolute Gasteiger partial charge is 0.496 e. The van der Waals surface area contributed by atoms with E-state index < -0.39 is 8.87 Å². The van der Waals surface area contributed by atoms with E-state index in [4.69, 9.17) is 4.74 Å². The Morgan fingerprint density at radius 3 is 2.26 bits per heavy atom. The molecule has 0 amide bonds. The molecule has 0 saturated carbocycles. The van der Waals surface area contributed by atoms with Crippen LogP contribution in [-0.4, -0.2) is 15.5 Å². The van der Waals surface area contributed by atoms with Gasteiger partial charge < -0.3 is 4.74 Å². The molecule has 0 aliphatic rings. The van der Waals surface area contributed by atoms with E-state index in [1.807, 2.05) is 6.92 Å². The summed E-state index contributed by atoms with van der Waals surface area (Å²) in [6.07, 6.45) is 0. The zero-order valence-electron chi connectivity index (χ0n) is 10.7. The third-order valence-electron chi connectivity index (χ3n) is 2.58. The van der Waals surface area contributed by atoms with E-state index in [1.54, 1.807) is 48.5 Å². The summed E-state index contributed by atoms with van der Waals surface area (Å²) in [6.45, 7) is 1.92. The maximum absolute atomic E-state index is 12.3. The molecule has 19 heavy (non-hydrogen) atoms. The van der Waals surface area contributed by atoms with Crippen molar-refractivity contribution in [2.24, 2.45) is 0 Å². The average Bonchev–Trinajstić information content (AvgIpc) is 2.39. The number of rotatable bonds is 4. The van der Waals surface area contributed by atoms with Gasteiger partial charge in [-0.1, -0.05) is 29.8 Å². The van der Waals surface area contributed by atoms with Crippen molar-refractivity contribution in [3.63, 3.8) is 0 Å². The number of ether oxygens (including phenoxy) is 1. The fourth-order valence-corrected chi connectivity index (χ4v) is 4.47. The molecule has 0 atom stereocenters. The van der Waals surface area contributed by atoms with Crippen LogP contribution in [0.25, 0.3) is 0 Å². The Hall–Kier alpha value is -1.46. The highest BCUT2D eigenvalue weighted by atomic mass is 33.1. The van der Waals surface area contributed by atoms with Crippen LogP contribution in [0.3, 0.4) is 0 Å². The van der Waals surface area contributed by atoms with E-state index in [0.29, 0.717) is 15.5 Å². The smallest absolute Gasteiger partial charge is 0.234 e. The van der Waals surface area contributed by atoms with Gasteiger partial charge >= 0.3 is 0 Å². The van der Waals surface area contributed by atoms with Crippen molar-refractivity contribution in [1.29, 1.82) is 0 Å². The Kier molecular flexibility index (Phi) is 4.17. The van der Waals surface area contributed by atoms with Crippen LogP contribution in [0.4, 0.5) is 0 Å². The first-order valence-electron chi connectivity index (χ1n) is 5.67. The normalized spacial score (nSPS) is 11.3. The first-order valence-corrected chi connectivity index (χ1v) is 8.49. The van der Waals surface area contributed by atoms with Crippen LogP contribution in [0, 0.1) is 6.92 Å². The SMILES string of the molecule is COc1ccccc1SS(=O)(=O)c1ccc(C)cc1. The predicted octanol–water partition coefficient (Wildman–Crippen LogP) is 3.48. The van der Waals surface area contributed by atoms with Crippen molar-refractivity contribution in [1.82, 2.24) is 0 Å². The minimum atomic E-state index is -3.43. The Bertz CT molecular complexity index is 661. The molecule has 3 nitrogen and oxygen atoms in total. The summed E-state index contributed by atoms with van der Waals surface area (Å²) in [7, 11) is -1.10. The lowest BCUT2D eigenvalue weighted by atomic mass is 10.2. The van der Waals surface area contributed by atoms with Gasteiger partial charge in [0.25, 0.3) is 0 Å². The molecule has 0 unspecified atom stereocenters. The first-order chi connectivity index (χ1) is 9.03. The van der Waals surface area contributed by atoms with Crippen LogP contribution in [0.5, 0.6) is 5.75 Å². The molecule has 0 radical (unpaired) electrons. The summed E-state index contributed by atoms with van der Waals surface area (Å²) in [5.41, 5.74) is 1.03. The molecule has 0 saturated heterocycles. The molecule has 0 aliphatic heterocycles. The molecule has 2 aromatic rings. The summed E-state index contributed by atoms with van der Waals surface area (Å²) in [4.78, 5) is 0.889. The van der Waals surface area contributed by atoms with Gasteiger partial charge in [0.05, 0.1) is 16.9 Å². The molecule has 0 aliphatic carbocycles. The van der Waals surface area contributed by atoms with Crippen molar-refractivity contribution in [3.8, 4) is 5.75 Å². The quantitative estimate of drug-likeness (QED) is 0.810. The first kappa shape index (κ1) is 14.0. The van der Waals surface area contributed by atoms with Gasteiger partial charge in [0.1, 0.15) is 5.75 Å². The molecule has 0 bridgehead atoms. The summed E-state index contributed by atoms with van der Waals surface area (Å²) < 4.78 is 29.7. The van der Waals surface area contributed by atoms with Crippen molar-refractivity contribution in [2.45, 2.75) is 16.7 Å². The molecule has 0 fully saturated rings. The lowest BCUT2D eigenvalue weighted by Gasteiger charge is -2.08. The second-order valence-electron chi connectivity index (χ2n) is 4.00. The summed E-state index contributed by atoms with van der Waals surface area (Å²) >= 11 is 0. The van der Waals surface area contributed by atoms with Crippen LogP contribution in [0.2, 0.25) is 0 Å². The molecule has 2 rings (SSSR count). The zero-order valence-corrected chi connectivity index (χ0v) is 12.3. The third-order valence-corrected chi connectivity index (χ3v) is 5.94. The molecule has 0 heterocycles. The topological polar surface area (TPSA) is 43.4 Å². The predicted molar refractivity (Wildman–Crippen MR) is 77.2 cm³/mol. The highest BCUT2D eigenvalue weighted by molar-refractivity contribution is 8.72. The third kappa shape index (κ3) is 3.30. The fourth-order valence-electron chi connectivity index (χ4n) is 1.56. The number of hydrogen-bond acceptors (Lipinski definition) is 4. The highest BCUT2D eigenvalue weighted by Crippen LogP contribution is 2.36. The molecule has 0 spiro atoms. The Labute approximate surface area is 116 Å². The van der Waals surface area contributed by atoms with Gasteiger partial charge in [-0.25, -0.2) is 8.42 Å². The number of aryl methyl sites for hydroxylation is 1. The number of para-hydroxylation sites is 1. The van der Waals surface area contributed by atoms with E-state index in [0.717, 1.165) is 16.4 Å². The minimum absolute atomic E-state index is 0.300. The van der Waals surface area contributed by atoms with Gasteiger partial charge in [-0.05, 0) is 31.2 Å². The standard InChI is InChI=1S/C14H14O3S2/c1-11-7-9-12(10-8-11)19(15,16)18-14-6-4-3-5-13(14)17-2/h3-10H,1-2H3. The van der Waals surface area contributed by atoms with Crippen molar-refractivity contribution < 1.29 is 13.2 Å². The molecule has 5 heteroatoms. The molecular formula is C14H14O3S2.